The fourth-order valence-electron chi connectivity index (χ4n) is 3.11. The predicted molar refractivity (Wildman–Crippen MR) is 53.1 cm³/mol. The molecule has 1 atom stereocenters. The molecule has 0 amide bonds. The van der Waals surface area contributed by atoms with Crippen molar-refractivity contribution >= 4 is 0 Å². The third kappa shape index (κ3) is 1.22. The average molecular weight is 164 g/mol. The van der Waals surface area contributed by atoms with Gasteiger partial charge in [0.1, 0.15) is 0 Å². The van der Waals surface area contributed by atoms with Gasteiger partial charge in [-0.2, -0.15) is 0 Å². The molecule has 1 fully saturated rings. The Morgan fingerprint density at radius 2 is 2.08 bits per heavy atom. The maximum Gasteiger partial charge on any atom is -0.00906 e. The van der Waals surface area contributed by atoms with Crippen LogP contribution in [0.5, 0.6) is 0 Å². The van der Waals surface area contributed by atoms with Crippen LogP contribution in [-0.4, -0.2) is 0 Å². The van der Waals surface area contributed by atoms with Gasteiger partial charge in [-0.15, -0.1) is 0 Å². The van der Waals surface area contributed by atoms with Crippen molar-refractivity contribution < 1.29 is 0 Å². The van der Waals surface area contributed by atoms with E-state index in [2.05, 4.69) is 13.0 Å². The minimum atomic E-state index is 0.677. The fourth-order valence-corrected chi connectivity index (χ4v) is 3.11. The van der Waals surface area contributed by atoms with Gasteiger partial charge in [0.15, 0.2) is 0 Å². The van der Waals surface area contributed by atoms with Crippen molar-refractivity contribution in [3.8, 4) is 0 Å². The third-order valence-electron chi connectivity index (χ3n) is 3.96. The van der Waals surface area contributed by atoms with Crippen LogP contribution >= 0.6 is 0 Å². The molecule has 0 nitrogen and oxygen atoms in total. The first-order valence-corrected chi connectivity index (χ1v) is 5.57. The lowest BCUT2D eigenvalue weighted by molar-refractivity contribution is 0.225. The van der Waals surface area contributed by atoms with E-state index < -0.39 is 0 Å². The van der Waals surface area contributed by atoms with Gasteiger partial charge in [0.25, 0.3) is 0 Å². The topological polar surface area (TPSA) is 0 Å². The van der Waals surface area contributed by atoms with Gasteiger partial charge in [-0.3, -0.25) is 0 Å². The summed E-state index contributed by atoms with van der Waals surface area (Å²) in [5.41, 5.74) is 2.50. The third-order valence-corrected chi connectivity index (χ3v) is 3.96. The molecular weight excluding hydrogens is 144 g/mol. The van der Waals surface area contributed by atoms with E-state index in [0.29, 0.717) is 5.41 Å². The van der Waals surface area contributed by atoms with Crippen LogP contribution in [0.1, 0.15) is 58.3 Å². The molecule has 0 bridgehead atoms. The molecule has 1 unspecified atom stereocenters. The minimum Gasteiger partial charge on any atom is -0.0848 e. The summed E-state index contributed by atoms with van der Waals surface area (Å²) in [5, 5.41) is 0. The molecule has 12 heavy (non-hydrogen) atoms. The molecule has 0 heteroatoms. The highest BCUT2D eigenvalue weighted by molar-refractivity contribution is 5.19. The van der Waals surface area contributed by atoms with E-state index >= 15 is 0 Å². The van der Waals surface area contributed by atoms with Crippen LogP contribution in [0.15, 0.2) is 11.6 Å². The van der Waals surface area contributed by atoms with Gasteiger partial charge < -0.3 is 0 Å². The lowest BCUT2D eigenvalue weighted by atomic mass is 9.63. The normalized spacial score (nSPS) is 35.6. The van der Waals surface area contributed by atoms with Crippen LogP contribution in [0, 0.1) is 5.41 Å². The number of rotatable bonds is 1. The van der Waals surface area contributed by atoms with Crippen molar-refractivity contribution in [2.24, 2.45) is 5.41 Å². The first-order chi connectivity index (χ1) is 5.87. The van der Waals surface area contributed by atoms with Crippen LogP contribution in [0.25, 0.3) is 0 Å². The Kier molecular flexibility index (Phi) is 2.25. The molecule has 0 radical (unpaired) electrons. The number of hydrogen-bond acceptors (Lipinski definition) is 0. The van der Waals surface area contributed by atoms with Gasteiger partial charge in [-0.25, -0.2) is 0 Å². The Balaban J connectivity index is 2.23. The largest absolute Gasteiger partial charge is 0.0848 e. The van der Waals surface area contributed by atoms with E-state index in [-0.39, 0.29) is 0 Å². The molecule has 0 spiro atoms. The van der Waals surface area contributed by atoms with E-state index in [1.807, 2.05) is 5.57 Å². The first kappa shape index (κ1) is 8.34. The maximum absolute atomic E-state index is 2.55. The van der Waals surface area contributed by atoms with Crippen LogP contribution in [0.3, 0.4) is 0 Å². The second-order valence-corrected chi connectivity index (χ2v) is 4.46. The van der Waals surface area contributed by atoms with Gasteiger partial charge in [-0.1, -0.05) is 25.0 Å². The van der Waals surface area contributed by atoms with Crippen molar-refractivity contribution in [1.82, 2.24) is 0 Å². The molecule has 2 rings (SSSR count). The van der Waals surface area contributed by atoms with Gasteiger partial charge in [-0.05, 0) is 50.4 Å². The summed E-state index contributed by atoms with van der Waals surface area (Å²) in [4.78, 5) is 0. The number of hydrogen-bond donors (Lipinski definition) is 0. The number of fused-ring (bicyclic) bond motifs is 1. The molecule has 0 N–H and O–H groups in total. The average Bonchev–Trinajstić information content (AvgIpc) is 2.18. The van der Waals surface area contributed by atoms with Gasteiger partial charge in [0, 0.05) is 0 Å². The summed E-state index contributed by atoms with van der Waals surface area (Å²) >= 11 is 0. The molecule has 2 aliphatic rings. The zero-order chi connectivity index (χ0) is 8.44. The highest BCUT2D eigenvalue weighted by atomic mass is 14.4. The Morgan fingerprint density at radius 3 is 2.83 bits per heavy atom. The highest BCUT2D eigenvalue weighted by Crippen LogP contribution is 2.49. The van der Waals surface area contributed by atoms with Crippen LogP contribution in [0.2, 0.25) is 0 Å². The molecule has 0 aromatic carbocycles. The predicted octanol–water partition coefficient (Wildman–Crippen LogP) is 4.07. The van der Waals surface area contributed by atoms with E-state index in [9.17, 15) is 0 Å². The van der Waals surface area contributed by atoms with E-state index in [1.54, 1.807) is 0 Å². The van der Waals surface area contributed by atoms with Crippen molar-refractivity contribution in [1.29, 1.82) is 0 Å². The van der Waals surface area contributed by atoms with E-state index in [0.717, 1.165) is 0 Å². The molecule has 0 saturated heterocycles. The molecule has 0 aliphatic heterocycles. The van der Waals surface area contributed by atoms with E-state index in [1.165, 1.54) is 51.4 Å². The van der Waals surface area contributed by atoms with Crippen molar-refractivity contribution in [3.63, 3.8) is 0 Å². The fraction of sp³-hybridized carbons (Fsp3) is 0.833. The molecule has 1 saturated carbocycles. The standard InChI is InChI=1S/C12H20/c1-2-12-9-5-3-7-11(12)8-4-6-10-12/h7H,2-6,8-10H2,1H3. The lowest BCUT2D eigenvalue weighted by Crippen LogP contribution is -2.28. The Morgan fingerprint density at radius 1 is 1.25 bits per heavy atom. The molecule has 2 aliphatic carbocycles. The molecule has 0 aromatic heterocycles. The van der Waals surface area contributed by atoms with Gasteiger partial charge in [0.05, 0.1) is 0 Å². The first-order valence-electron chi connectivity index (χ1n) is 5.57. The molecule has 68 valence electrons. The Labute approximate surface area is 76.1 Å². The van der Waals surface area contributed by atoms with Crippen LogP contribution in [0.4, 0.5) is 0 Å². The SMILES string of the molecule is CCC12CCCC=C1CCCC2. The zero-order valence-electron chi connectivity index (χ0n) is 8.23. The second-order valence-electron chi connectivity index (χ2n) is 4.46. The Hall–Kier alpha value is -0.260. The van der Waals surface area contributed by atoms with Crippen LogP contribution < -0.4 is 0 Å². The lowest BCUT2D eigenvalue weighted by Gasteiger charge is -2.42. The molecule has 0 aromatic rings. The van der Waals surface area contributed by atoms with Crippen LogP contribution in [-0.2, 0) is 0 Å². The second kappa shape index (κ2) is 3.24. The van der Waals surface area contributed by atoms with Crippen molar-refractivity contribution in [2.45, 2.75) is 58.3 Å². The summed E-state index contributed by atoms with van der Waals surface area (Å²) in [6.45, 7) is 2.38. The monoisotopic (exact) mass is 164 g/mol. The molecular formula is C12H20. The van der Waals surface area contributed by atoms with Crippen molar-refractivity contribution in [3.05, 3.63) is 11.6 Å². The quantitative estimate of drug-likeness (QED) is 0.512. The minimum absolute atomic E-state index is 0.677. The zero-order valence-corrected chi connectivity index (χ0v) is 8.23. The van der Waals surface area contributed by atoms with E-state index in [4.69, 9.17) is 0 Å². The summed E-state index contributed by atoms with van der Waals surface area (Å²) in [5.74, 6) is 0. The number of allylic oxidation sites excluding steroid dienone is 2. The Bertz CT molecular complexity index is 190. The van der Waals surface area contributed by atoms with Gasteiger partial charge >= 0.3 is 0 Å². The summed E-state index contributed by atoms with van der Waals surface area (Å²) in [6, 6.07) is 0. The highest BCUT2D eigenvalue weighted by Gasteiger charge is 2.35. The summed E-state index contributed by atoms with van der Waals surface area (Å²) in [7, 11) is 0. The van der Waals surface area contributed by atoms with Gasteiger partial charge in [0.2, 0.25) is 0 Å². The smallest absolute Gasteiger partial charge is 0.00906 e. The summed E-state index contributed by atoms with van der Waals surface area (Å²) < 4.78 is 0. The maximum atomic E-state index is 2.55. The van der Waals surface area contributed by atoms with Crippen molar-refractivity contribution in [2.75, 3.05) is 0 Å². The molecule has 0 heterocycles. The summed E-state index contributed by atoms with van der Waals surface area (Å²) in [6.07, 6.45) is 14.0.